The second-order valence-corrected chi connectivity index (χ2v) is 7.54. The lowest BCUT2D eigenvalue weighted by Gasteiger charge is -2.35. The van der Waals surface area contributed by atoms with E-state index in [1.165, 1.54) is 0 Å². The van der Waals surface area contributed by atoms with Gasteiger partial charge in [0.25, 0.3) is 0 Å². The topological polar surface area (TPSA) is 59.0 Å². The lowest BCUT2D eigenvalue weighted by atomic mass is 9.90. The molecule has 0 aliphatic carbocycles. The molecule has 3 aromatic rings. The average Bonchev–Trinajstić information content (AvgIpc) is 2.81. The van der Waals surface area contributed by atoms with Gasteiger partial charge in [0.15, 0.2) is 5.82 Å². The van der Waals surface area contributed by atoms with Gasteiger partial charge in [0, 0.05) is 48.9 Å². The molecular formula is C24H26N4O. The van der Waals surface area contributed by atoms with E-state index in [4.69, 9.17) is 4.98 Å². The molecule has 2 aromatic heterocycles. The van der Waals surface area contributed by atoms with Crippen LogP contribution in [0.4, 0.5) is 0 Å². The number of rotatable bonds is 5. The summed E-state index contributed by atoms with van der Waals surface area (Å²) in [6.45, 7) is 3.62. The Balaban J connectivity index is 1.52. The number of hydrogen-bond acceptors (Lipinski definition) is 4. The van der Waals surface area contributed by atoms with Gasteiger partial charge in [-0.1, -0.05) is 37.3 Å². The molecule has 0 bridgehead atoms. The molecule has 5 heteroatoms. The van der Waals surface area contributed by atoms with Crippen LogP contribution in [0.25, 0.3) is 11.4 Å². The second kappa shape index (κ2) is 8.95. The Bertz CT molecular complexity index is 945. The molecule has 1 aliphatic rings. The van der Waals surface area contributed by atoms with Crippen molar-refractivity contribution in [2.24, 2.45) is 0 Å². The van der Waals surface area contributed by atoms with Crippen LogP contribution in [-0.4, -0.2) is 38.8 Å². The molecule has 0 saturated carbocycles. The number of hydrogen-bond donors (Lipinski definition) is 0. The number of benzene rings is 1. The van der Waals surface area contributed by atoms with Crippen LogP contribution < -0.4 is 0 Å². The zero-order chi connectivity index (χ0) is 20.1. The van der Waals surface area contributed by atoms with Gasteiger partial charge >= 0.3 is 0 Å². The first-order chi connectivity index (χ1) is 14.3. The van der Waals surface area contributed by atoms with Crippen molar-refractivity contribution in [2.45, 2.75) is 38.0 Å². The summed E-state index contributed by atoms with van der Waals surface area (Å²) in [7, 11) is 0. The van der Waals surface area contributed by atoms with Crippen molar-refractivity contribution in [2.75, 3.05) is 13.1 Å². The Hall–Kier alpha value is -3.08. The first-order valence-electron chi connectivity index (χ1n) is 10.3. The maximum atomic E-state index is 13.3. The molecule has 1 aliphatic heterocycles. The fraction of sp³-hybridized carbons (Fsp3) is 0.333. The lowest BCUT2D eigenvalue weighted by molar-refractivity contribution is -0.134. The SMILES string of the molecule is CCC(C(=O)N1CCCC(c2ccnc(-c3cccnc3)n2)C1)c1ccccc1. The van der Waals surface area contributed by atoms with Crippen LogP contribution in [0, 0.1) is 0 Å². The van der Waals surface area contributed by atoms with Gasteiger partial charge in [-0.05, 0) is 43.0 Å². The minimum atomic E-state index is -0.0775. The smallest absolute Gasteiger partial charge is 0.230 e. The van der Waals surface area contributed by atoms with Crippen molar-refractivity contribution in [3.63, 3.8) is 0 Å². The molecule has 2 unspecified atom stereocenters. The van der Waals surface area contributed by atoms with Crippen LogP contribution in [0.2, 0.25) is 0 Å². The van der Waals surface area contributed by atoms with Gasteiger partial charge in [-0.2, -0.15) is 0 Å². The van der Waals surface area contributed by atoms with Crippen molar-refractivity contribution < 1.29 is 4.79 Å². The minimum Gasteiger partial charge on any atom is -0.342 e. The third-order valence-corrected chi connectivity index (χ3v) is 5.66. The number of likely N-dealkylation sites (tertiary alicyclic amines) is 1. The van der Waals surface area contributed by atoms with Gasteiger partial charge in [-0.3, -0.25) is 9.78 Å². The van der Waals surface area contributed by atoms with E-state index in [1.807, 2.05) is 47.5 Å². The summed E-state index contributed by atoms with van der Waals surface area (Å²) in [4.78, 5) is 28.7. The Morgan fingerprint density at radius 2 is 2.00 bits per heavy atom. The summed E-state index contributed by atoms with van der Waals surface area (Å²) in [6, 6.07) is 15.9. The summed E-state index contributed by atoms with van der Waals surface area (Å²) in [5.74, 6) is 1.07. The van der Waals surface area contributed by atoms with E-state index in [-0.39, 0.29) is 17.7 Å². The molecule has 1 saturated heterocycles. The number of amides is 1. The molecule has 1 aromatic carbocycles. The third kappa shape index (κ3) is 4.34. The van der Waals surface area contributed by atoms with Crippen molar-refractivity contribution in [3.8, 4) is 11.4 Å². The monoisotopic (exact) mass is 386 g/mol. The molecule has 4 rings (SSSR count). The highest BCUT2D eigenvalue weighted by Gasteiger charge is 2.30. The Labute approximate surface area is 171 Å². The molecule has 2 atom stereocenters. The summed E-state index contributed by atoms with van der Waals surface area (Å²) < 4.78 is 0. The zero-order valence-corrected chi connectivity index (χ0v) is 16.7. The number of aromatic nitrogens is 3. The number of carbonyl (C=O) groups is 1. The number of nitrogens with zero attached hydrogens (tertiary/aromatic N) is 4. The Morgan fingerprint density at radius 1 is 1.14 bits per heavy atom. The van der Waals surface area contributed by atoms with Gasteiger partial charge in [0.2, 0.25) is 5.91 Å². The third-order valence-electron chi connectivity index (χ3n) is 5.66. The van der Waals surface area contributed by atoms with Crippen molar-refractivity contribution >= 4 is 5.91 Å². The maximum Gasteiger partial charge on any atom is 0.230 e. The molecule has 1 fully saturated rings. The second-order valence-electron chi connectivity index (χ2n) is 7.54. The van der Waals surface area contributed by atoms with Gasteiger partial charge in [0.1, 0.15) is 0 Å². The highest BCUT2D eigenvalue weighted by molar-refractivity contribution is 5.83. The Kier molecular flexibility index (Phi) is 5.94. The minimum absolute atomic E-state index is 0.0775. The first kappa shape index (κ1) is 19.2. The van der Waals surface area contributed by atoms with E-state index in [1.54, 1.807) is 12.4 Å². The maximum absolute atomic E-state index is 13.3. The van der Waals surface area contributed by atoms with Gasteiger partial charge < -0.3 is 4.90 Å². The van der Waals surface area contributed by atoms with E-state index in [2.05, 4.69) is 29.0 Å². The summed E-state index contributed by atoms with van der Waals surface area (Å²) >= 11 is 0. The molecule has 29 heavy (non-hydrogen) atoms. The highest BCUT2D eigenvalue weighted by Crippen LogP contribution is 2.30. The fourth-order valence-electron chi connectivity index (χ4n) is 4.11. The predicted octanol–water partition coefficient (Wildman–Crippen LogP) is 4.44. The molecule has 0 spiro atoms. The van der Waals surface area contributed by atoms with Crippen molar-refractivity contribution in [1.29, 1.82) is 0 Å². The molecule has 148 valence electrons. The number of piperidine rings is 1. The van der Waals surface area contributed by atoms with E-state index < -0.39 is 0 Å². The molecule has 0 N–H and O–H groups in total. The van der Waals surface area contributed by atoms with Gasteiger partial charge in [0.05, 0.1) is 5.92 Å². The first-order valence-corrected chi connectivity index (χ1v) is 10.3. The largest absolute Gasteiger partial charge is 0.342 e. The van der Waals surface area contributed by atoms with Gasteiger partial charge in [-0.15, -0.1) is 0 Å². The fourth-order valence-corrected chi connectivity index (χ4v) is 4.11. The molecule has 1 amide bonds. The standard InChI is InChI=1S/C24H26N4O/c1-2-21(18-8-4-3-5-9-18)24(29)28-15-7-11-20(17-28)22-12-14-26-23(27-22)19-10-6-13-25-16-19/h3-6,8-10,12-14,16,20-21H,2,7,11,15,17H2,1H3. The number of carbonyl (C=O) groups excluding carboxylic acids is 1. The molecule has 3 heterocycles. The van der Waals surface area contributed by atoms with E-state index in [0.29, 0.717) is 12.4 Å². The molecule has 5 nitrogen and oxygen atoms in total. The summed E-state index contributed by atoms with van der Waals surface area (Å²) in [5.41, 5.74) is 3.01. The summed E-state index contributed by atoms with van der Waals surface area (Å²) in [6.07, 6.45) is 8.17. The van der Waals surface area contributed by atoms with E-state index in [0.717, 1.165) is 42.6 Å². The quantitative estimate of drug-likeness (QED) is 0.650. The van der Waals surface area contributed by atoms with Crippen LogP contribution in [0.1, 0.15) is 49.3 Å². The average molecular weight is 386 g/mol. The normalized spacial score (nSPS) is 17.7. The predicted molar refractivity (Wildman–Crippen MR) is 113 cm³/mol. The van der Waals surface area contributed by atoms with E-state index in [9.17, 15) is 4.79 Å². The van der Waals surface area contributed by atoms with Crippen LogP contribution in [-0.2, 0) is 4.79 Å². The van der Waals surface area contributed by atoms with Crippen LogP contribution in [0.3, 0.4) is 0 Å². The Morgan fingerprint density at radius 3 is 2.76 bits per heavy atom. The van der Waals surface area contributed by atoms with Gasteiger partial charge in [-0.25, -0.2) is 9.97 Å². The molecule has 0 radical (unpaired) electrons. The number of pyridine rings is 1. The zero-order valence-electron chi connectivity index (χ0n) is 16.7. The highest BCUT2D eigenvalue weighted by atomic mass is 16.2. The summed E-state index contributed by atoms with van der Waals surface area (Å²) in [5, 5.41) is 0. The van der Waals surface area contributed by atoms with Crippen LogP contribution in [0.15, 0.2) is 67.1 Å². The lowest BCUT2D eigenvalue weighted by Crippen LogP contribution is -2.41. The van der Waals surface area contributed by atoms with Crippen LogP contribution >= 0.6 is 0 Å². The van der Waals surface area contributed by atoms with Crippen molar-refractivity contribution in [3.05, 3.63) is 78.4 Å². The van der Waals surface area contributed by atoms with E-state index >= 15 is 0 Å². The van der Waals surface area contributed by atoms with Crippen LogP contribution in [0.5, 0.6) is 0 Å². The molecular weight excluding hydrogens is 360 g/mol. The van der Waals surface area contributed by atoms with Crippen molar-refractivity contribution in [1.82, 2.24) is 19.9 Å².